The van der Waals surface area contributed by atoms with Gasteiger partial charge in [-0.2, -0.15) is 0 Å². The summed E-state index contributed by atoms with van der Waals surface area (Å²) in [6.07, 6.45) is 1.47. The van der Waals surface area contributed by atoms with Gasteiger partial charge in [-0.25, -0.2) is 0 Å². The normalized spacial score (nSPS) is 25.2. The first-order valence-corrected chi connectivity index (χ1v) is 6.96. The van der Waals surface area contributed by atoms with E-state index in [0.717, 1.165) is 24.6 Å². The minimum atomic E-state index is 0.128. The van der Waals surface area contributed by atoms with Crippen molar-refractivity contribution in [2.75, 3.05) is 18.8 Å². The van der Waals surface area contributed by atoms with Gasteiger partial charge in [0, 0.05) is 36.6 Å². The summed E-state index contributed by atoms with van der Waals surface area (Å²) in [7, 11) is 0. The van der Waals surface area contributed by atoms with E-state index in [9.17, 15) is 4.79 Å². The van der Waals surface area contributed by atoms with Gasteiger partial charge in [-0.05, 0) is 12.1 Å². The lowest BCUT2D eigenvalue weighted by molar-refractivity contribution is -0.123. The van der Waals surface area contributed by atoms with E-state index in [0.29, 0.717) is 18.6 Å². The monoisotopic (exact) mass is 249 g/mol. The van der Waals surface area contributed by atoms with Crippen molar-refractivity contribution in [3.8, 4) is 5.75 Å². The smallest absolute Gasteiger partial charge is 0.162 e. The van der Waals surface area contributed by atoms with Crippen LogP contribution in [0.5, 0.6) is 5.75 Å². The molecule has 90 valence electrons. The molecule has 0 aliphatic carbocycles. The molecule has 1 aromatic rings. The number of likely N-dealkylation sites (tertiary alicyclic amines) is 1. The molecule has 4 heteroatoms. The molecule has 1 fully saturated rings. The summed E-state index contributed by atoms with van der Waals surface area (Å²) in [6.45, 7) is 1.68. The van der Waals surface area contributed by atoms with Gasteiger partial charge in [0.05, 0.1) is 0 Å². The Morgan fingerprint density at radius 2 is 2.00 bits per heavy atom. The quantitative estimate of drug-likeness (QED) is 0.763. The maximum absolute atomic E-state index is 11.2. The number of ketones is 1. The SMILES string of the molecule is O=C1CCN(C2CSc3ccccc3O2)CC1. The van der Waals surface area contributed by atoms with Crippen LogP contribution in [0.3, 0.4) is 0 Å². The molecule has 0 radical (unpaired) electrons. The zero-order valence-electron chi connectivity index (χ0n) is 9.59. The molecule has 1 unspecified atom stereocenters. The first-order valence-electron chi connectivity index (χ1n) is 5.97. The van der Waals surface area contributed by atoms with E-state index in [1.165, 1.54) is 4.90 Å². The molecule has 1 atom stereocenters. The number of piperidine rings is 1. The minimum absolute atomic E-state index is 0.128. The molecule has 0 saturated carbocycles. The molecular weight excluding hydrogens is 234 g/mol. The Hall–Kier alpha value is -1.00. The van der Waals surface area contributed by atoms with Crippen molar-refractivity contribution >= 4 is 17.5 Å². The number of ether oxygens (including phenoxy) is 1. The number of para-hydroxylation sites is 1. The van der Waals surface area contributed by atoms with Gasteiger partial charge in [0.1, 0.15) is 11.5 Å². The first-order chi connectivity index (χ1) is 8.33. The van der Waals surface area contributed by atoms with Crippen molar-refractivity contribution in [1.82, 2.24) is 4.90 Å². The molecule has 17 heavy (non-hydrogen) atoms. The van der Waals surface area contributed by atoms with E-state index in [1.807, 2.05) is 30.0 Å². The maximum Gasteiger partial charge on any atom is 0.162 e. The zero-order valence-corrected chi connectivity index (χ0v) is 10.4. The largest absolute Gasteiger partial charge is 0.473 e. The standard InChI is InChI=1S/C13H15NO2S/c15-10-5-7-14(8-6-10)13-9-17-12-4-2-1-3-11(12)16-13/h1-4,13H,5-9H2. The fraction of sp³-hybridized carbons (Fsp3) is 0.462. The highest BCUT2D eigenvalue weighted by molar-refractivity contribution is 7.99. The number of rotatable bonds is 1. The topological polar surface area (TPSA) is 29.5 Å². The number of benzene rings is 1. The Bertz CT molecular complexity index is 425. The molecule has 0 N–H and O–H groups in total. The molecule has 0 aromatic heterocycles. The van der Waals surface area contributed by atoms with E-state index < -0.39 is 0 Å². The summed E-state index contributed by atoms with van der Waals surface area (Å²) in [6, 6.07) is 8.15. The van der Waals surface area contributed by atoms with Crippen molar-refractivity contribution in [2.45, 2.75) is 24.0 Å². The fourth-order valence-corrected chi connectivity index (χ4v) is 3.28. The molecule has 2 heterocycles. The third-order valence-corrected chi connectivity index (χ3v) is 4.36. The van der Waals surface area contributed by atoms with Crippen molar-refractivity contribution in [2.24, 2.45) is 0 Å². The van der Waals surface area contributed by atoms with E-state index in [2.05, 4.69) is 11.0 Å². The van der Waals surface area contributed by atoms with Gasteiger partial charge in [0.15, 0.2) is 6.23 Å². The fourth-order valence-electron chi connectivity index (χ4n) is 2.25. The average molecular weight is 249 g/mol. The van der Waals surface area contributed by atoms with E-state index in [4.69, 9.17) is 4.74 Å². The molecule has 2 aliphatic rings. The molecule has 3 rings (SSSR count). The summed E-state index contributed by atoms with van der Waals surface area (Å²) in [5.41, 5.74) is 0. The van der Waals surface area contributed by atoms with Gasteiger partial charge in [0.25, 0.3) is 0 Å². The molecule has 2 aliphatic heterocycles. The summed E-state index contributed by atoms with van der Waals surface area (Å²) >= 11 is 1.84. The highest BCUT2D eigenvalue weighted by atomic mass is 32.2. The lowest BCUT2D eigenvalue weighted by Crippen LogP contribution is -2.47. The van der Waals surface area contributed by atoms with Crippen LogP contribution < -0.4 is 4.74 Å². The summed E-state index contributed by atoms with van der Waals surface area (Å²) in [5.74, 6) is 2.31. The van der Waals surface area contributed by atoms with E-state index >= 15 is 0 Å². The molecular formula is C13H15NO2S. The molecule has 3 nitrogen and oxygen atoms in total. The minimum Gasteiger partial charge on any atom is -0.473 e. The summed E-state index contributed by atoms with van der Waals surface area (Å²) in [5, 5.41) is 0. The number of nitrogens with zero attached hydrogens (tertiary/aromatic N) is 1. The number of hydrogen-bond donors (Lipinski definition) is 0. The molecule has 1 saturated heterocycles. The second-order valence-electron chi connectivity index (χ2n) is 4.40. The third-order valence-electron chi connectivity index (χ3n) is 3.26. The van der Waals surface area contributed by atoms with Gasteiger partial charge in [-0.1, -0.05) is 12.1 Å². The Kier molecular flexibility index (Phi) is 3.07. The second-order valence-corrected chi connectivity index (χ2v) is 5.47. The van der Waals surface area contributed by atoms with Crippen LogP contribution >= 0.6 is 11.8 Å². The van der Waals surface area contributed by atoms with Crippen LogP contribution in [0.4, 0.5) is 0 Å². The lowest BCUT2D eigenvalue weighted by atomic mass is 10.1. The van der Waals surface area contributed by atoms with Gasteiger partial charge in [-0.15, -0.1) is 11.8 Å². The summed E-state index contributed by atoms with van der Waals surface area (Å²) in [4.78, 5) is 14.7. The number of carbonyl (C=O) groups excluding carboxylic acids is 1. The Morgan fingerprint density at radius 3 is 2.82 bits per heavy atom. The molecule has 1 aromatic carbocycles. The van der Waals surface area contributed by atoms with Crippen LogP contribution in [-0.4, -0.2) is 35.8 Å². The number of thioether (sulfide) groups is 1. The molecule has 0 amide bonds. The van der Waals surface area contributed by atoms with Crippen molar-refractivity contribution in [3.63, 3.8) is 0 Å². The third kappa shape index (κ3) is 2.33. The van der Waals surface area contributed by atoms with Gasteiger partial charge in [0.2, 0.25) is 0 Å². The Labute approximate surface area is 105 Å². The van der Waals surface area contributed by atoms with Gasteiger partial charge >= 0.3 is 0 Å². The number of Topliss-reactive ketones (excluding diaryl/α,β-unsaturated/α-hetero) is 1. The van der Waals surface area contributed by atoms with Crippen LogP contribution in [0.15, 0.2) is 29.2 Å². The Morgan fingerprint density at radius 1 is 1.24 bits per heavy atom. The summed E-state index contributed by atoms with van der Waals surface area (Å²) < 4.78 is 6.00. The van der Waals surface area contributed by atoms with Crippen LogP contribution in [0.25, 0.3) is 0 Å². The predicted molar refractivity (Wildman–Crippen MR) is 67.4 cm³/mol. The molecule has 0 bridgehead atoms. The van der Waals surface area contributed by atoms with Crippen LogP contribution in [0.2, 0.25) is 0 Å². The van der Waals surface area contributed by atoms with Crippen LogP contribution in [0, 0.1) is 0 Å². The highest BCUT2D eigenvalue weighted by Gasteiger charge is 2.28. The van der Waals surface area contributed by atoms with E-state index in [-0.39, 0.29) is 6.23 Å². The average Bonchev–Trinajstić information content (AvgIpc) is 2.39. The number of hydrogen-bond acceptors (Lipinski definition) is 4. The van der Waals surface area contributed by atoms with Crippen molar-refractivity contribution in [3.05, 3.63) is 24.3 Å². The Balaban J connectivity index is 1.69. The first kappa shape index (κ1) is 11.1. The van der Waals surface area contributed by atoms with Crippen molar-refractivity contribution < 1.29 is 9.53 Å². The lowest BCUT2D eigenvalue weighted by Gasteiger charge is -2.36. The van der Waals surface area contributed by atoms with Gasteiger partial charge in [-0.3, -0.25) is 9.69 Å². The maximum atomic E-state index is 11.2. The number of carbonyl (C=O) groups is 1. The van der Waals surface area contributed by atoms with Gasteiger partial charge < -0.3 is 4.74 Å². The van der Waals surface area contributed by atoms with E-state index in [1.54, 1.807) is 0 Å². The highest BCUT2D eigenvalue weighted by Crippen LogP contribution is 2.36. The van der Waals surface area contributed by atoms with Crippen LogP contribution in [0.1, 0.15) is 12.8 Å². The van der Waals surface area contributed by atoms with Crippen molar-refractivity contribution in [1.29, 1.82) is 0 Å². The zero-order chi connectivity index (χ0) is 11.7. The molecule has 0 spiro atoms. The number of fused-ring (bicyclic) bond motifs is 1. The predicted octanol–water partition coefficient (Wildman–Crippen LogP) is 2.16. The van der Waals surface area contributed by atoms with Crippen LogP contribution in [-0.2, 0) is 4.79 Å². The second kappa shape index (κ2) is 4.70.